The number of fused-ring (bicyclic) bond motifs is 1. The molecule has 0 radical (unpaired) electrons. The summed E-state index contributed by atoms with van der Waals surface area (Å²) in [6.45, 7) is 6.78. The maximum Gasteiger partial charge on any atom is 0.338 e. The zero-order valence-corrected chi connectivity index (χ0v) is 17.1. The number of benzene rings is 2. The lowest BCUT2D eigenvalue weighted by atomic mass is 9.95. The highest BCUT2D eigenvalue weighted by molar-refractivity contribution is 5.91. The molecule has 1 amide bonds. The molecule has 6 nitrogen and oxygen atoms in total. The van der Waals surface area contributed by atoms with E-state index in [1.54, 1.807) is 12.1 Å². The first-order valence-corrected chi connectivity index (χ1v) is 9.93. The van der Waals surface area contributed by atoms with Crippen molar-refractivity contribution < 1.29 is 23.8 Å². The van der Waals surface area contributed by atoms with Crippen molar-refractivity contribution in [3.8, 4) is 11.5 Å². The zero-order valence-electron chi connectivity index (χ0n) is 17.1. The fourth-order valence-electron chi connectivity index (χ4n) is 3.19. The summed E-state index contributed by atoms with van der Waals surface area (Å²) in [7, 11) is 0. The van der Waals surface area contributed by atoms with Crippen molar-refractivity contribution in [1.29, 1.82) is 0 Å². The van der Waals surface area contributed by atoms with Gasteiger partial charge in [0, 0.05) is 0 Å². The second kappa shape index (κ2) is 9.45. The number of nitrogens with one attached hydrogen (secondary N) is 1. The number of carbonyl (C=O) groups is 2. The third-order valence-corrected chi connectivity index (χ3v) is 4.84. The Balaban J connectivity index is 1.60. The van der Waals surface area contributed by atoms with Crippen LogP contribution in [0.15, 0.2) is 42.5 Å². The van der Waals surface area contributed by atoms with E-state index in [1.807, 2.05) is 51.1 Å². The molecule has 29 heavy (non-hydrogen) atoms. The van der Waals surface area contributed by atoms with Crippen molar-refractivity contribution in [3.63, 3.8) is 0 Å². The first-order valence-electron chi connectivity index (χ1n) is 9.93. The van der Waals surface area contributed by atoms with Crippen molar-refractivity contribution in [3.05, 3.63) is 59.2 Å². The van der Waals surface area contributed by atoms with Crippen LogP contribution >= 0.6 is 0 Å². The molecular weight excluding hydrogens is 370 g/mol. The van der Waals surface area contributed by atoms with Crippen molar-refractivity contribution in [2.45, 2.75) is 33.2 Å². The largest absolute Gasteiger partial charge is 0.486 e. The second-order valence-electron chi connectivity index (χ2n) is 7.32. The number of hydrogen-bond donors (Lipinski definition) is 1. The van der Waals surface area contributed by atoms with Gasteiger partial charge in [-0.1, -0.05) is 39.0 Å². The molecule has 2 aromatic carbocycles. The lowest BCUT2D eigenvalue weighted by molar-refractivity contribution is -0.125. The molecule has 1 aliphatic rings. The fraction of sp³-hybridized carbons (Fsp3) is 0.391. The first-order chi connectivity index (χ1) is 14.0. The standard InChI is InChI=1S/C23H27NO5/c1-4-16-5-7-17(8-6-16)23(26)29-14-21(25)24-22(15(2)3)18-9-10-19-20(13-18)28-12-11-27-19/h5-10,13,15,22H,4,11-12,14H2,1-3H3,(H,24,25)/t22-/m0/s1. The maximum absolute atomic E-state index is 12.4. The molecule has 0 spiro atoms. The van der Waals surface area contributed by atoms with E-state index in [1.165, 1.54) is 0 Å². The van der Waals surface area contributed by atoms with Crippen LogP contribution in [0.25, 0.3) is 0 Å². The van der Waals surface area contributed by atoms with E-state index in [-0.39, 0.29) is 24.5 Å². The van der Waals surface area contributed by atoms with Gasteiger partial charge >= 0.3 is 5.97 Å². The van der Waals surface area contributed by atoms with Crippen LogP contribution in [0.4, 0.5) is 0 Å². The van der Waals surface area contributed by atoms with E-state index in [4.69, 9.17) is 14.2 Å². The molecule has 0 aliphatic carbocycles. The third-order valence-electron chi connectivity index (χ3n) is 4.84. The molecule has 154 valence electrons. The summed E-state index contributed by atoms with van der Waals surface area (Å²) in [5.74, 6) is 0.659. The summed E-state index contributed by atoms with van der Waals surface area (Å²) in [6.07, 6.45) is 0.897. The van der Waals surface area contributed by atoms with Gasteiger partial charge in [-0.2, -0.15) is 0 Å². The third kappa shape index (κ3) is 5.28. The van der Waals surface area contributed by atoms with Crippen LogP contribution in [0.1, 0.15) is 48.3 Å². The molecule has 1 atom stereocenters. The number of amides is 1. The Morgan fingerprint density at radius 3 is 2.38 bits per heavy atom. The molecular formula is C23H27NO5. The van der Waals surface area contributed by atoms with E-state index >= 15 is 0 Å². The topological polar surface area (TPSA) is 73.9 Å². The second-order valence-corrected chi connectivity index (χ2v) is 7.32. The first kappa shape index (κ1) is 20.7. The van der Waals surface area contributed by atoms with Gasteiger partial charge in [-0.05, 0) is 47.7 Å². The van der Waals surface area contributed by atoms with Gasteiger partial charge in [-0.25, -0.2) is 4.79 Å². The molecule has 0 aromatic heterocycles. The number of esters is 1. The molecule has 0 fully saturated rings. The highest BCUT2D eigenvalue weighted by Gasteiger charge is 2.22. The van der Waals surface area contributed by atoms with Gasteiger partial charge in [0.1, 0.15) is 13.2 Å². The number of hydrogen-bond acceptors (Lipinski definition) is 5. The lowest BCUT2D eigenvalue weighted by Gasteiger charge is -2.25. The van der Waals surface area contributed by atoms with Crippen molar-refractivity contribution in [2.24, 2.45) is 5.92 Å². The van der Waals surface area contributed by atoms with Gasteiger partial charge in [0.25, 0.3) is 5.91 Å². The Hall–Kier alpha value is -3.02. The molecule has 1 N–H and O–H groups in total. The molecule has 1 aliphatic heterocycles. The van der Waals surface area contributed by atoms with Crippen molar-refractivity contribution in [2.75, 3.05) is 19.8 Å². The molecule has 1 heterocycles. The van der Waals surface area contributed by atoms with Gasteiger partial charge in [0.15, 0.2) is 18.1 Å². The number of rotatable bonds is 7. The van der Waals surface area contributed by atoms with Crippen molar-refractivity contribution in [1.82, 2.24) is 5.32 Å². The minimum Gasteiger partial charge on any atom is -0.486 e. The number of ether oxygens (including phenoxy) is 3. The molecule has 6 heteroatoms. The minimum absolute atomic E-state index is 0.138. The smallest absolute Gasteiger partial charge is 0.338 e. The Morgan fingerprint density at radius 2 is 1.72 bits per heavy atom. The Labute approximate surface area is 171 Å². The Kier molecular flexibility index (Phi) is 6.75. The van der Waals surface area contributed by atoms with E-state index in [9.17, 15) is 9.59 Å². The molecule has 0 saturated heterocycles. The highest BCUT2D eigenvalue weighted by Crippen LogP contribution is 2.34. The fourth-order valence-corrected chi connectivity index (χ4v) is 3.19. The predicted octanol–water partition coefficient (Wildman–Crippen LogP) is 3.69. The van der Waals surface area contributed by atoms with Crippen LogP contribution < -0.4 is 14.8 Å². The summed E-state index contributed by atoms with van der Waals surface area (Å²) >= 11 is 0. The number of carbonyl (C=O) groups excluding carboxylic acids is 2. The molecule has 0 unspecified atom stereocenters. The molecule has 2 aromatic rings. The van der Waals surface area contributed by atoms with Gasteiger partial charge in [-0.15, -0.1) is 0 Å². The Morgan fingerprint density at radius 1 is 1.03 bits per heavy atom. The lowest BCUT2D eigenvalue weighted by Crippen LogP contribution is -2.35. The summed E-state index contributed by atoms with van der Waals surface area (Å²) in [5, 5.41) is 2.95. The van der Waals surface area contributed by atoms with Crippen LogP contribution in [0, 0.1) is 5.92 Å². The predicted molar refractivity (Wildman–Crippen MR) is 109 cm³/mol. The quantitative estimate of drug-likeness (QED) is 0.722. The van der Waals surface area contributed by atoms with Crippen LogP contribution in [0.2, 0.25) is 0 Å². The van der Waals surface area contributed by atoms with Gasteiger partial charge < -0.3 is 19.5 Å². The van der Waals surface area contributed by atoms with Crippen LogP contribution in [0.3, 0.4) is 0 Å². The van der Waals surface area contributed by atoms with E-state index in [0.29, 0.717) is 30.3 Å². The highest BCUT2D eigenvalue weighted by atomic mass is 16.6. The van der Waals surface area contributed by atoms with E-state index in [0.717, 1.165) is 17.5 Å². The summed E-state index contributed by atoms with van der Waals surface area (Å²) in [6, 6.07) is 12.6. The molecule has 3 rings (SSSR count). The van der Waals surface area contributed by atoms with Gasteiger partial charge in [0.2, 0.25) is 0 Å². The van der Waals surface area contributed by atoms with Crippen LogP contribution in [-0.4, -0.2) is 31.7 Å². The average molecular weight is 397 g/mol. The maximum atomic E-state index is 12.4. The minimum atomic E-state index is -0.511. The van der Waals surface area contributed by atoms with Crippen LogP contribution in [-0.2, 0) is 16.0 Å². The van der Waals surface area contributed by atoms with Crippen molar-refractivity contribution >= 4 is 11.9 Å². The van der Waals surface area contributed by atoms with Crippen LogP contribution in [0.5, 0.6) is 11.5 Å². The summed E-state index contributed by atoms with van der Waals surface area (Å²) in [5.41, 5.74) is 2.49. The summed E-state index contributed by atoms with van der Waals surface area (Å²) in [4.78, 5) is 24.6. The number of aryl methyl sites for hydroxylation is 1. The van der Waals surface area contributed by atoms with E-state index in [2.05, 4.69) is 5.32 Å². The Bertz CT molecular complexity index is 860. The van der Waals surface area contributed by atoms with E-state index < -0.39 is 5.97 Å². The average Bonchev–Trinajstić information content (AvgIpc) is 2.75. The molecule has 0 bridgehead atoms. The zero-order chi connectivity index (χ0) is 20.8. The molecule has 0 saturated carbocycles. The summed E-state index contributed by atoms with van der Waals surface area (Å²) < 4.78 is 16.4. The normalized spacial score (nSPS) is 13.7. The van der Waals surface area contributed by atoms with Gasteiger partial charge in [-0.3, -0.25) is 4.79 Å². The van der Waals surface area contributed by atoms with Gasteiger partial charge in [0.05, 0.1) is 11.6 Å². The monoisotopic (exact) mass is 397 g/mol. The SMILES string of the molecule is CCc1ccc(C(=O)OCC(=O)N[C@H](c2ccc3c(c2)OCCO3)C(C)C)cc1.